The van der Waals surface area contributed by atoms with Gasteiger partial charge < -0.3 is 21.1 Å². The van der Waals surface area contributed by atoms with Crippen molar-refractivity contribution in [1.29, 1.82) is 0 Å². The number of carbonyl (C=O) groups is 3. The van der Waals surface area contributed by atoms with Crippen LogP contribution in [-0.4, -0.2) is 36.6 Å². The summed E-state index contributed by atoms with van der Waals surface area (Å²) in [5, 5.41) is 16.6. The molecule has 114 valence electrons. The summed E-state index contributed by atoms with van der Waals surface area (Å²) < 4.78 is 0. The van der Waals surface area contributed by atoms with E-state index in [2.05, 4.69) is 16.0 Å². The second kappa shape index (κ2) is 8.57. The highest BCUT2D eigenvalue weighted by Gasteiger charge is 2.04. The highest BCUT2D eigenvalue weighted by atomic mass is 16.4. The number of urea groups is 1. The third-order valence-electron chi connectivity index (χ3n) is 2.80. The Labute approximate surface area is 122 Å². The lowest BCUT2D eigenvalue weighted by Gasteiger charge is -2.07. The predicted molar refractivity (Wildman–Crippen MR) is 76.9 cm³/mol. The number of aromatic carboxylic acids is 1. The molecule has 0 saturated carbocycles. The molecule has 21 heavy (non-hydrogen) atoms. The van der Waals surface area contributed by atoms with Gasteiger partial charge in [0.2, 0.25) is 5.91 Å². The zero-order valence-electron chi connectivity index (χ0n) is 11.8. The van der Waals surface area contributed by atoms with E-state index < -0.39 is 5.97 Å². The van der Waals surface area contributed by atoms with Crippen molar-refractivity contribution >= 4 is 17.9 Å². The van der Waals surface area contributed by atoms with Crippen molar-refractivity contribution in [3.05, 3.63) is 35.4 Å². The Balaban J connectivity index is 2.23. The molecule has 0 fully saturated rings. The van der Waals surface area contributed by atoms with E-state index in [0.29, 0.717) is 25.9 Å². The predicted octanol–water partition coefficient (Wildman–Crippen LogP) is 0.710. The van der Waals surface area contributed by atoms with Crippen LogP contribution in [0.4, 0.5) is 4.79 Å². The van der Waals surface area contributed by atoms with Gasteiger partial charge >= 0.3 is 12.0 Å². The molecule has 0 heterocycles. The van der Waals surface area contributed by atoms with E-state index >= 15 is 0 Å². The van der Waals surface area contributed by atoms with Crippen molar-refractivity contribution in [3.63, 3.8) is 0 Å². The molecule has 0 unspecified atom stereocenters. The fourth-order valence-electron chi connectivity index (χ4n) is 1.59. The Bertz CT molecular complexity index is 499. The van der Waals surface area contributed by atoms with Crippen molar-refractivity contribution in [2.45, 2.75) is 19.4 Å². The molecule has 0 radical (unpaired) electrons. The molecule has 0 aliphatic rings. The highest BCUT2D eigenvalue weighted by molar-refractivity contribution is 5.87. The third kappa shape index (κ3) is 6.42. The van der Waals surface area contributed by atoms with Crippen LogP contribution in [0.5, 0.6) is 0 Å². The molecule has 1 aromatic carbocycles. The number of carboxylic acids is 1. The second-order valence-corrected chi connectivity index (χ2v) is 4.39. The van der Waals surface area contributed by atoms with Crippen LogP contribution in [0.15, 0.2) is 24.3 Å². The molecule has 1 aromatic rings. The first-order valence-corrected chi connectivity index (χ1v) is 6.57. The fraction of sp³-hybridized carbons (Fsp3) is 0.357. The zero-order valence-corrected chi connectivity index (χ0v) is 11.8. The minimum Gasteiger partial charge on any atom is -0.478 e. The van der Waals surface area contributed by atoms with E-state index in [1.165, 1.54) is 12.1 Å². The lowest BCUT2D eigenvalue weighted by Crippen LogP contribution is -2.35. The zero-order chi connectivity index (χ0) is 15.7. The van der Waals surface area contributed by atoms with Gasteiger partial charge in [-0.1, -0.05) is 12.1 Å². The Morgan fingerprint density at radius 3 is 2.33 bits per heavy atom. The van der Waals surface area contributed by atoms with Crippen LogP contribution in [0.25, 0.3) is 0 Å². The SMILES string of the molecule is CNC(=O)CCCNC(=O)NCc1ccc(C(=O)O)cc1. The molecule has 0 bridgehead atoms. The van der Waals surface area contributed by atoms with E-state index in [4.69, 9.17) is 5.11 Å². The van der Waals surface area contributed by atoms with Crippen LogP contribution in [0.3, 0.4) is 0 Å². The average molecular weight is 293 g/mol. The quantitative estimate of drug-likeness (QED) is 0.555. The van der Waals surface area contributed by atoms with Gasteiger partial charge in [-0.2, -0.15) is 0 Å². The summed E-state index contributed by atoms with van der Waals surface area (Å²) >= 11 is 0. The van der Waals surface area contributed by atoms with Crippen LogP contribution in [0, 0.1) is 0 Å². The van der Waals surface area contributed by atoms with Gasteiger partial charge in [0, 0.05) is 26.6 Å². The first-order chi connectivity index (χ1) is 10.0. The van der Waals surface area contributed by atoms with Gasteiger partial charge in [-0.15, -0.1) is 0 Å². The number of nitrogens with one attached hydrogen (secondary N) is 3. The number of hydrogen-bond acceptors (Lipinski definition) is 3. The Hall–Kier alpha value is -2.57. The molecule has 1 rings (SSSR count). The Kier molecular flexibility index (Phi) is 6.73. The van der Waals surface area contributed by atoms with E-state index in [9.17, 15) is 14.4 Å². The second-order valence-electron chi connectivity index (χ2n) is 4.39. The van der Waals surface area contributed by atoms with Gasteiger partial charge in [-0.25, -0.2) is 9.59 Å². The van der Waals surface area contributed by atoms with Crippen LogP contribution < -0.4 is 16.0 Å². The molecule has 7 nitrogen and oxygen atoms in total. The maximum Gasteiger partial charge on any atom is 0.335 e. The minimum atomic E-state index is -0.983. The average Bonchev–Trinajstić information content (AvgIpc) is 2.49. The molecule has 0 aliphatic carbocycles. The molecular formula is C14H19N3O4. The lowest BCUT2D eigenvalue weighted by molar-refractivity contribution is -0.120. The third-order valence-corrected chi connectivity index (χ3v) is 2.80. The maximum atomic E-state index is 11.5. The normalized spacial score (nSPS) is 9.76. The number of amides is 3. The van der Waals surface area contributed by atoms with Crippen LogP contribution in [0.1, 0.15) is 28.8 Å². The number of carbonyl (C=O) groups excluding carboxylic acids is 2. The van der Waals surface area contributed by atoms with Crippen LogP contribution >= 0.6 is 0 Å². The fourth-order valence-corrected chi connectivity index (χ4v) is 1.59. The summed E-state index contributed by atoms with van der Waals surface area (Å²) in [6.45, 7) is 0.721. The molecule has 0 aromatic heterocycles. The summed E-state index contributed by atoms with van der Waals surface area (Å²) in [5.74, 6) is -1.04. The smallest absolute Gasteiger partial charge is 0.335 e. The standard InChI is InChI=1S/C14H19N3O4/c1-15-12(18)3-2-8-16-14(21)17-9-10-4-6-11(7-5-10)13(19)20/h4-7H,2-3,8-9H2,1H3,(H,15,18)(H,19,20)(H2,16,17,21). The van der Waals surface area contributed by atoms with E-state index in [1.54, 1.807) is 19.2 Å². The van der Waals surface area contributed by atoms with Crippen molar-refractivity contribution in [2.24, 2.45) is 0 Å². The van der Waals surface area contributed by atoms with Crippen molar-refractivity contribution in [2.75, 3.05) is 13.6 Å². The highest BCUT2D eigenvalue weighted by Crippen LogP contribution is 2.04. The molecule has 0 aliphatic heterocycles. The van der Waals surface area contributed by atoms with Crippen LogP contribution in [-0.2, 0) is 11.3 Å². The van der Waals surface area contributed by atoms with E-state index in [-0.39, 0.29) is 17.5 Å². The van der Waals surface area contributed by atoms with Crippen molar-refractivity contribution < 1.29 is 19.5 Å². The van der Waals surface area contributed by atoms with E-state index in [1.807, 2.05) is 0 Å². The minimum absolute atomic E-state index is 0.0595. The number of hydrogen-bond donors (Lipinski definition) is 4. The molecule has 0 atom stereocenters. The first kappa shape index (κ1) is 16.5. The lowest BCUT2D eigenvalue weighted by atomic mass is 10.1. The maximum absolute atomic E-state index is 11.5. The van der Waals surface area contributed by atoms with Gasteiger partial charge in [0.05, 0.1) is 5.56 Å². The topological polar surface area (TPSA) is 108 Å². The molecule has 3 amide bonds. The molecule has 0 saturated heterocycles. The summed E-state index contributed by atoms with van der Waals surface area (Å²) in [6, 6.07) is 5.94. The van der Waals surface area contributed by atoms with Gasteiger partial charge in [0.25, 0.3) is 0 Å². The van der Waals surface area contributed by atoms with Gasteiger partial charge in [-0.05, 0) is 24.1 Å². The number of rotatable bonds is 7. The molecule has 0 spiro atoms. The molecule has 4 N–H and O–H groups in total. The van der Waals surface area contributed by atoms with E-state index in [0.717, 1.165) is 5.56 Å². The van der Waals surface area contributed by atoms with Gasteiger partial charge in [-0.3, -0.25) is 4.79 Å². The largest absolute Gasteiger partial charge is 0.478 e. The monoisotopic (exact) mass is 293 g/mol. The van der Waals surface area contributed by atoms with Gasteiger partial charge in [0.15, 0.2) is 0 Å². The molecular weight excluding hydrogens is 274 g/mol. The number of benzene rings is 1. The first-order valence-electron chi connectivity index (χ1n) is 6.57. The van der Waals surface area contributed by atoms with Crippen molar-refractivity contribution in [1.82, 2.24) is 16.0 Å². The van der Waals surface area contributed by atoms with Crippen LogP contribution in [0.2, 0.25) is 0 Å². The Morgan fingerprint density at radius 2 is 1.76 bits per heavy atom. The van der Waals surface area contributed by atoms with Gasteiger partial charge in [0.1, 0.15) is 0 Å². The Morgan fingerprint density at radius 1 is 1.10 bits per heavy atom. The summed E-state index contributed by atoms with van der Waals surface area (Å²) in [7, 11) is 1.57. The molecule has 7 heteroatoms. The summed E-state index contributed by atoms with van der Waals surface area (Å²) in [4.78, 5) is 33.1. The number of carboxylic acid groups (broad SMARTS) is 1. The van der Waals surface area contributed by atoms with Crippen molar-refractivity contribution in [3.8, 4) is 0 Å². The summed E-state index contributed by atoms with van der Waals surface area (Å²) in [5.41, 5.74) is 1.01. The summed E-state index contributed by atoms with van der Waals surface area (Å²) in [6.07, 6.45) is 0.938.